The first-order valence-corrected chi connectivity index (χ1v) is 11.9. The molecule has 2 aromatic heterocycles. The van der Waals surface area contributed by atoms with Crippen molar-refractivity contribution >= 4 is 38.9 Å². The summed E-state index contributed by atoms with van der Waals surface area (Å²) in [6.45, 7) is 2.41. The van der Waals surface area contributed by atoms with Crippen LogP contribution in [0.25, 0.3) is 11.0 Å². The van der Waals surface area contributed by atoms with Gasteiger partial charge < -0.3 is 20.5 Å². The van der Waals surface area contributed by atoms with Gasteiger partial charge in [0.15, 0.2) is 5.69 Å². The van der Waals surface area contributed by atoms with Crippen LogP contribution in [0.4, 0.5) is 23.4 Å². The van der Waals surface area contributed by atoms with E-state index in [1.54, 1.807) is 11.6 Å². The lowest BCUT2D eigenvalue weighted by Gasteiger charge is -2.27. The number of nitrogens with one attached hydrogen (secondary N) is 1. The van der Waals surface area contributed by atoms with Crippen LogP contribution in [0.3, 0.4) is 0 Å². The van der Waals surface area contributed by atoms with E-state index in [2.05, 4.69) is 48.8 Å². The predicted octanol–water partition coefficient (Wildman–Crippen LogP) is 1.59. The highest BCUT2D eigenvalue weighted by Crippen LogP contribution is 2.36. The number of carbonyl (C=O) groups excluding carboxylic acids is 2. The Morgan fingerprint density at radius 2 is 2.10 bits per heavy atom. The molecule has 0 bridgehead atoms. The zero-order valence-corrected chi connectivity index (χ0v) is 21.8. The maximum atomic E-state index is 14.7. The van der Waals surface area contributed by atoms with Crippen molar-refractivity contribution in [3.8, 4) is 11.8 Å². The number of rotatable bonds is 6. The van der Waals surface area contributed by atoms with E-state index in [-0.39, 0.29) is 35.6 Å². The first-order chi connectivity index (χ1) is 18.3. The number of primary amides is 1. The maximum absolute atomic E-state index is 14.7. The third-order valence-corrected chi connectivity index (χ3v) is 6.82. The van der Waals surface area contributed by atoms with Gasteiger partial charge in [0.05, 0.1) is 51.0 Å². The van der Waals surface area contributed by atoms with Crippen molar-refractivity contribution in [2.24, 2.45) is 12.8 Å². The molecule has 4 rings (SSSR count). The Labute approximate surface area is 223 Å². The lowest BCUT2D eigenvalue weighted by Crippen LogP contribution is -2.41. The predicted molar refractivity (Wildman–Crippen MR) is 133 cm³/mol. The van der Waals surface area contributed by atoms with Crippen molar-refractivity contribution in [2.75, 3.05) is 25.5 Å². The van der Waals surface area contributed by atoms with Gasteiger partial charge in [0.1, 0.15) is 17.2 Å². The highest BCUT2D eigenvalue weighted by Gasteiger charge is 2.47. The van der Waals surface area contributed by atoms with E-state index in [1.165, 1.54) is 30.2 Å². The molecule has 203 valence electrons. The van der Waals surface area contributed by atoms with Gasteiger partial charge in [-0.1, -0.05) is 12.5 Å². The number of nitrogens with zero attached hydrogens (tertiary/aromatic N) is 5. The number of halogens is 4. The molecule has 10 nitrogen and oxygen atoms in total. The van der Waals surface area contributed by atoms with Crippen molar-refractivity contribution in [2.45, 2.75) is 24.0 Å². The molecule has 0 saturated carbocycles. The number of hydrogen-bond acceptors (Lipinski definition) is 6. The largest absolute Gasteiger partial charge is 0.522 e. The molecule has 2 atom stereocenters. The second-order valence-corrected chi connectivity index (χ2v) is 9.77. The van der Waals surface area contributed by atoms with Crippen molar-refractivity contribution in [1.29, 1.82) is 0 Å². The maximum Gasteiger partial charge on any atom is 0.522 e. The highest BCUT2D eigenvalue weighted by atomic mass is 28.1. The summed E-state index contributed by atoms with van der Waals surface area (Å²) in [5, 5.41) is 5.91. The molecular weight excluding hydrogens is 538 g/mol. The SMILES string of the molecule is C=CC(=O)N1C[C@@]([Si])(n2nc(C#Cc3cc4ncn(C)c4cc3F)c(C(N)=O)c2NC)C[C@@H]1COC(F)(F)F. The summed E-state index contributed by atoms with van der Waals surface area (Å²) in [7, 11) is 6.77. The number of anilines is 1. The van der Waals surface area contributed by atoms with E-state index in [0.717, 1.165) is 11.0 Å². The number of benzene rings is 1. The van der Waals surface area contributed by atoms with Crippen molar-refractivity contribution < 1.29 is 31.9 Å². The number of carbonyl (C=O) groups is 2. The van der Waals surface area contributed by atoms with Crippen molar-refractivity contribution in [1.82, 2.24) is 24.2 Å². The van der Waals surface area contributed by atoms with E-state index in [9.17, 15) is 27.2 Å². The second-order valence-electron chi connectivity index (χ2n) is 8.84. The Hall–Kier alpha value is -4.16. The van der Waals surface area contributed by atoms with Gasteiger partial charge in [-0.25, -0.2) is 14.1 Å². The summed E-state index contributed by atoms with van der Waals surface area (Å²) in [5.74, 6) is 3.26. The van der Waals surface area contributed by atoms with E-state index in [1.807, 2.05) is 0 Å². The normalized spacial score (nSPS) is 19.2. The van der Waals surface area contributed by atoms with Crippen LogP contribution in [-0.2, 0) is 21.7 Å². The number of alkyl halides is 3. The van der Waals surface area contributed by atoms with Crippen molar-refractivity contribution in [3.63, 3.8) is 0 Å². The van der Waals surface area contributed by atoms with Crippen LogP contribution in [0.1, 0.15) is 28.0 Å². The smallest absolute Gasteiger partial charge is 0.373 e. The summed E-state index contributed by atoms with van der Waals surface area (Å²) in [4.78, 5) is 30.2. The molecule has 1 fully saturated rings. The fourth-order valence-electron chi connectivity index (χ4n) is 4.49. The number of nitrogens with two attached hydrogens (primary N) is 1. The van der Waals surface area contributed by atoms with Gasteiger partial charge in [-0.3, -0.25) is 14.3 Å². The summed E-state index contributed by atoms with van der Waals surface area (Å²) in [6, 6.07) is 1.71. The van der Waals surface area contributed by atoms with Crippen molar-refractivity contribution in [3.05, 3.63) is 53.8 Å². The summed E-state index contributed by atoms with van der Waals surface area (Å²) in [6.07, 6.45) is -2.50. The van der Waals surface area contributed by atoms with Crippen LogP contribution in [0, 0.1) is 17.7 Å². The van der Waals surface area contributed by atoms with Gasteiger partial charge in [-0.05, 0) is 24.5 Å². The molecule has 1 saturated heterocycles. The van der Waals surface area contributed by atoms with Crippen LogP contribution < -0.4 is 11.1 Å². The van der Waals surface area contributed by atoms with Gasteiger partial charge >= 0.3 is 6.36 Å². The third-order valence-electron chi connectivity index (χ3n) is 6.25. The van der Waals surface area contributed by atoms with Crippen LogP contribution in [0.5, 0.6) is 0 Å². The fraction of sp³-hybridized carbons (Fsp3) is 0.333. The molecule has 3 radical (unpaired) electrons. The minimum Gasteiger partial charge on any atom is -0.373 e. The highest BCUT2D eigenvalue weighted by molar-refractivity contribution is 6.15. The first kappa shape index (κ1) is 27.9. The molecule has 3 N–H and O–H groups in total. The molecule has 0 aliphatic carbocycles. The number of ether oxygens (including phenoxy) is 1. The molecular formula is C24H22F4N7O3Si. The number of likely N-dealkylation sites (tertiary alicyclic amines) is 1. The standard InChI is InChI=1S/C24H22F4N7O3Si/c1-4-19(36)34-11-23(39,9-14(34)10-38-24(26,27)28)35-22(30-2)20(21(29)37)16(32-35)6-5-13-7-17-18(8-15(13)25)33(3)12-31-17/h4,7-8,12,14,30H,1,9-11H2,2-3H3,(H2,29,37)/t14-,23-/m1/s1. The molecule has 0 unspecified atom stereocenters. The van der Waals surface area contributed by atoms with Crippen LogP contribution >= 0.6 is 0 Å². The average Bonchev–Trinajstić information content (AvgIpc) is 3.54. The Balaban J connectivity index is 1.77. The molecule has 1 aliphatic heterocycles. The average molecular weight is 561 g/mol. The topological polar surface area (TPSA) is 120 Å². The summed E-state index contributed by atoms with van der Waals surface area (Å²) >= 11 is 0. The van der Waals surface area contributed by atoms with Gasteiger partial charge in [0.2, 0.25) is 5.91 Å². The van der Waals surface area contributed by atoms with E-state index < -0.39 is 41.8 Å². The Morgan fingerprint density at radius 3 is 2.72 bits per heavy atom. The Bertz CT molecular complexity index is 1540. The number of hydrogen-bond donors (Lipinski definition) is 2. The lowest BCUT2D eigenvalue weighted by atomic mass is 10.1. The van der Waals surface area contributed by atoms with Gasteiger partial charge in [-0.2, -0.15) is 5.10 Å². The monoisotopic (exact) mass is 560 g/mol. The molecule has 3 heterocycles. The zero-order valence-electron chi connectivity index (χ0n) is 20.8. The fourth-order valence-corrected chi connectivity index (χ4v) is 5.06. The minimum atomic E-state index is -4.91. The summed E-state index contributed by atoms with van der Waals surface area (Å²) < 4.78 is 59.9. The second kappa shape index (κ2) is 10.2. The zero-order chi connectivity index (χ0) is 28.7. The number of imidazole rings is 1. The van der Waals surface area contributed by atoms with Crippen LogP contribution in [0.15, 0.2) is 31.1 Å². The molecule has 1 aliphatic rings. The quantitative estimate of drug-likeness (QED) is 0.205. The number of aryl methyl sites for hydroxylation is 1. The van der Waals surface area contributed by atoms with Gasteiger partial charge in [-0.15, -0.1) is 13.2 Å². The number of amides is 2. The molecule has 2 amide bonds. The molecule has 1 aromatic carbocycles. The number of aromatic nitrogens is 4. The van der Waals surface area contributed by atoms with Crippen LogP contribution in [-0.4, -0.2) is 78.9 Å². The van der Waals surface area contributed by atoms with Gasteiger partial charge in [0.25, 0.3) is 5.91 Å². The Morgan fingerprint density at radius 1 is 1.38 bits per heavy atom. The van der Waals surface area contributed by atoms with E-state index >= 15 is 0 Å². The Kier molecular flexibility index (Phi) is 7.28. The van der Waals surface area contributed by atoms with E-state index in [0.29, 0.717) is 11.0 Å². The van der Waals surface area contributed by atoms with E-state index in [4.69, 9.17) is 5.73 Å². The summed E-state index contributed by atoms with van der Waals surface area (Å²) in [5.41, 5.74) is 6.44. The third kappa shape index (κ3) is 5.38. The molecule has 0 spiro atoms. The number of fused-ring (bicyclic) bond motifs is 1. The molecule has 3 aromatic rings. The molecule has 39 heavy (non-hydrogen) atoms. The lowest BCUT2D eigenvalue weighted by molar-refractivity contribution is -0.327. The molecule has 15 heteroatoms. The minimum absolute atomic E-state index is 0.00162. The first-order valence-electron chi connectivity index (χ1n) is 11.4. The van der Waals surface area contributed by atoms with Gasteiger partial charge in [0, 0.05) is 26.7 Å². The van der Waals surface area contributed by atoms with Crippen LogP contribution in [0.2, 0.25) is 0 Å².